The van der Waals surface area contributed by atoms with Crippen molar-refractivity contribution in [3.8, 4) is 0 Å². The highest BCUT2D eigenvalue weighted by Gasteiger charge is 2.24. The summed E-state index contributed by atoms with van der Waals surface area (Å²) in [6.07, 6.45) is 1.36. The minimum Gasteiger partial charge on any atom is -0.387 e. The topological polar surface area (TPSA) is 50.4 Å². The number of aliphatic hydroxyl groups is 1. The number of aliphatic hydroxyl groups excluding tert-OH is 1. The Morgan fingerprint density at radius 1 is 1.03 bits per heavy atom. The quantitative estimate of drug-likeness (QED) is 0.668. The van der Waals surface area contributed by atoms with Crippen LogP contribution in [0.1, 0.15) is 44.4 Å². The van der Waals surface area contributed by atoms with Crippen molar-refractivity contribution >= 4 is 11.0 Å². The Labute approximate surface area is 176 Å². The number of β-amino-alcohol motifs (C(OH)–C–C–N with tert-alkyl or cyclic N) is 1. The first kappa shape index (κ1) is 20.8. The van der Waals surface area contributed by atoms with Gasteiger partial charge in [0.05, 0.1) is 17.1 Å². The molecule has 0 radical (unpaired) electrons. The first-order valence-electron chi connectivity index (χ1n) is 10.8. The zero-order valence-corrected chi connectivity index (χ0v) is 17.7. The monoisotopic (exact) mass is 411 g/mol. The molecule has 0 bridgehead atoms. The van der Waals surface area contributed by atoms with Gasteiger partial charge >= 0.3 is 5.69 Å². The van der Waals surface area contributed by atoms with Crippen molar-refractivity contribution in [2.75, 3.05) is 19.6 Å². The maximum absolute atomic E-state index is 13.1. The smallest absolute Gasteiger partial charge is 0.329 e. The van der Waals surface area contributed by atoms with Crippen molar-refractivity contribution < 1.29 is 9.50 Å². The van der Waals surface area contributed by atoms with Crippen molar-refractivity contribution in [2.24, 2.45) is 5.92 Å². The molecule has 1 aromatic heterocycles. The fourth-order valence-corrected chi connectivity index (χ4v) is 4.55. The first-order valence-corrected chi connectivity index (χ1v) is 10.8. The highest BCUT2D eigenvalue weighted by molar-refractivity contribution is 5.76. The molecule has 1 fully saturated rings. The second-order valence-electron chi connectivity index (χ2n) is 8.66. The predicted octanol–water partition coefficient (Wildman–Crippen LogP) is 3.97. The summed E-state index contributed by atoms with van der Waals surface area (Å²) >= 11 is 0. The average Bonchev–Trinajstić information content (AvgIpc) is 3.01. The summed E-state index contributed by atoms with van der Waals surface area (Å²) in [4.78, 5) is 15.3. The van der Waals surface area contributed by atoms with E-state index in [0.29, 0.717) is 12.5 Å². The molecule has 1 N–H and O–H groups in total. The van der Waals surface area contributed by atoms with Crippen molar-refractivity contribution in [1.29, 1.82) is 0 Å². The Morgan fingerprint density at radius 3 is 2.30 bits per heavy atom. The minimum atomic E-state index is -0.617. The van der Waals surface area contributed by atoms with Crippen LogP contribution in [0.5, 0.6) is 0 Å². The van der Waals surface area contributed by atoms with Gasteiger partial charge in [-0.3, -0.25) is 9.13 Å². The molecule has 6 heteroatoms. The van der Waals surface area contributed by atoms with Gasteiger partial charge in [-0.05, 0) is 75.5 Å². The molecule has 1 unspecified atom stereocenters. The minimum absolute atomic E-state index is 0.0698. The highest BCUT2D eigenvalue weighted by atomic mass is 19.1. The van der Waals surface area contributed by atoms with Crippen molar-refractivity contribution in [3.63, 3.8) is 0 Å². The van der Waals surface area contributed by atoms with Crippen molar-refractivity contribution in [1.82, 2.24) is 14.0 Å². The Morgan fingerprint density at radius 2 is 1.67 bits per heavy atom. The number of nitrogens with zero attached hydrogens (tertiary/aromatic N) is 3. The number of rotatable bonds is 6. The van der Waals surface area contributed by atoms with Gasteiger partial charge in [-0.25, -0.2) is 9.18 Å². The lowest BCUT2D eigenvalue weighted by Crippen LogP contribution is -2.38. The van der Waals surface area contributed by atoms with E-state index < -0.39 is 6.10 Å². The molecule has 3 aromatic rings. The van der Waals surface area contributed by atoms with Crippen LogP contribution in [-0.2, 0) is 6.54 Å². The predicted molar refractivity (Wildman–Crippen MR) is 117 cm³/mol. The number of piperidine rings is 1. The van der Waals surface area contributed by atoms with E-state index in [1.54, 1.807) is 12.1 Å². The van der Waals surface area contributed by atoms with Crippen LogP contribution in [0.3, 0.4) is 0 Å². The van der Waals surface area contributed by atoms with Crippen LogP contribution in [0.15, 0.2) is 53.3 Å². The Kier molecular flexibility index (Phi) is 6.06. The summed E-state index contributed by atoms with van der Waals surface area (Å²) in [5.41, 5.74) is 2.81. The van der Waals surface area contributed by atoms with Crippen LogP contribution in [0.4, 0.5) is 4.39 Å². The number of hydrogen-bond acceptors (Lipinski definition) is 3. The van der Waals surface area contributed by atoms with Gasteiger partial charge in [0.25, 0.3) is 0 Å². The van der Waals surface area contributed by atoms with E-state index >= 15 is 0 Å². The van der Waals surface area contributed by atoms with Gasteiger partial charge in [0.15, 0.2) is 0 Å². The third kappa shape index (κ3) is 4.20. The van der Waals surface area contributed by atoms with E-state index in [9.17, 15) is 14.3 Å². The second-order valence-corrected chi connectivity index (χ2v) is 8.66. The van der Waals surface area contributed by atoms with E-state index in [4.69, 9.17) is 0 Å². The van der Waals surface area contributed by atoms with E-state index in [0.717, 1.165) is 49.1 Å². The number of halogens is 1. The average molecular weight is 412 g/mol. The highest BCUT2D eigenvalue weighted by Crippen LogP contribution is 2.24. The molecule has 1 saturated heterocycles. The van der Waals surface area contributed by atoms with Gasteiger partial charge in [0.1, 0.15) is 5.82 Å². The number of hydrogen-bond donors (Lipinski definition) is 1. The lowest BCUT2D eigenvalue weighted by Gasteiger charge is -2.33. The van der Waals surface area contributed by atoms with Crippen LogP contribution in [0, 0.1) is 11.7 Å². The molecule has 0 amide bonds. The summed E-state index contributed by atoms with van der Waals surface area (Å²) in [6, 6.07) is 14.2. The Bertz CT molecular complexity index is 1050. The van der Waals surface area contributed by atoms with Crippen LogP contribution in [0.25, 0.3) is 11.0 Å². The molecule has 2 aromatic carbocycles. The standard InChI is InChI=1S/C24H30FN3O2/c1-17(2)28-22-6-4-3-5-21(22)27(24(28)30)15-18-11-13-26(14-12-18)16-23(29)19-7-9-20(25)10-8-19/h3-10,17-18,23,29H,11-16H2,1-2H3. The van der Waals surface area contributed by atoms with E-state index in [1.807, 2.05) is 47.2 Å². The van der Waals surface area contributed by atoms with Crippen LogP contribution in [0.2, 0.25) is 0 Å². The third-order valence-corrected chi connectivity index (χ3v) is 6.22. The zero-order chi connectivity index (χ0) is 21.3. The van der Waals surface area contributed by atoms with Crippen molar-refractivity contribution in [2.45, 2.75) is 45.4 Å². The van der Waals surface area contributed by atoms with E-state index in [1.165, 1.54) is 12.1 Å². The molecule has 0 saturated carbocycles. The number of aromatic nitrogens is 2. The number of para-hydroxylation sites is 2. The van der Waals surface area contributed by atoms with Crippen LogP contribution in [-0.4, -0.2) is 38.8 Å². The molecule has 0 spiro atoms. The van der Waals surface area contributed by atoms with Gasteiger partial charge in [-0.1, -0.05) is 24.3 Å². The Balaban J connectivity index is 1.40. The van der Waals surface area contributed by atoms with Crippen molar-refractivity contribution in [3.05, 3.63) is 70.4 Å². The fourth-order valence-electron chi connectivity index (χ4n) is 4.55. The zero-order valence-electron chi connectivity index (χ0n) is 17.7. The molecular formula is C24H30FN3O2. The van der Waals surface area contributed by atoms with Gasteiger partial charge in [-0.15, -0.1) is 0 Å². The molecule has 160 valence electrons. The van der Waals surface area contributed by atoms with E-state index in [-0.39, 0.29) is 17.5 Å². The van der Waals surface area contributed by atoms with Crippen LogP contribution < -0.4 is 5.69 Å². The third-order valence-electron chi connectivity index (χ3n) is 6.22. The number of likely N-dealkylation sites (tertiary alicyclic amines) is 1. The summed E-state index contributed by atoms with van der Waals surface area (Å²) in [6.45, 7) is 7.14. The largest absolute Gasteiger partial charge is 0.387 e. The van der Waals surface area contributed by atoms with Gasteiger partial charge < -0.3 is 10.0 Å². The normalized spacial score (nSPS) is 17.1. The maximum atomic E-state index is 13.1. The molecule has 1 atom stereocenters. The Hall–Kier alpha value is -2.44. The first-order chi connectivity index (χ1) is 14.4. The molecule has 30 heavy (non-hydrogen) atoms. The summed E-state index contributed by atoms with van der Waals surface area (Å²) in [5, 5.41) is 10.5. The molecule has 2 heterocycles. The molecule has 1 aliphatic rings. The SMILES string of the molecule is CC(C)n1c(=O)n(CC2CCN(CC(O)c3ccc(F)cc3)CC2)c2ccccc21. The lowest BCUT2D eigenvalue weighted by atomic mass is 9.96. The van der Waals surface area contributed by atoms with Gasteiger partial charge in [0.2, 0.25) is 0 Å². The fraction of sp³-hybridized carbons (Fsp3) is 0.458. The summed E-state index contributed by atoms with van der Waals surface area (Å²) in [7, 11) is 0. The lowest BCUT2D eigenvalue weighted by molar-refractivity contribution is 0.0866. The molecule has 0 aliphatic carbocycles. The second kappa shape index (κ2) is 8.74. The molecule has 4 rings (SSSR count). The summed E-state index contributed by atoms with van der Waals surface area (Å²) < 4.78 is 16.9. The number of fused-ring (bicyclic) bond motifs is 1. The molecular weight excluding hydrogens is 381 g/mol. The number of imidazole rings is 1. The summed E-state index contributed by atoms with van der Waals surface area (Å²) in [5.74, 6) is 0.147. The molecule has 1 aliphatic heterocycles. The maximum Gasteiger partial charge on any atom is 0.329 e. The molecule has 5 nitrogen and oxygen atoms in total. The van der Waals surface area contributed by atoms with Crippen LogP contribution >= 0.6 is 0 Å². The number of benzene rings is 2. The van der Waals surface area contributed by atoms with Gasteiger partial charge in [-0.2, -0.15) is 0 Å². The van der Waals surface area contributed by atoms with E-state index in [2.05, 4.69) is 4.90 Å². The van der Waals surface area contributed by atoms with Gasteiger partial charge in [0, 0.05) is 19.1 Å².